The van der Waals surface area contributed by atoms with E-state index in [4.69, 9.17) is 0 Å². The molecular formula is C18H13N3O2S2. The van der Waals surface area contributed by atoms with Gasteiger partial charge < -0.3 is 10.3 Å². The molecule has 2 heterocycles. The van der Waals surface area contributed by atoms with Crippen molar-refractivity contribution in [3.8, 4) is 0 Å². The summed E-state index contributed by atoms with van der Waals surface area (Å²) in [6.07, 6.45) is 1.98. The molecule has 124 valence electrons. The molecule has 7 heteroatoms. The maximum Gasteiger partial charge on any atom is 0.256 e. The number of aromatic amines is 1. The standard InChI is InChI=1S/C18H13N3O2S2/c1-24-18-21-14-7-6-10(8-15(14)25-18)19-17(23)12-9-16(22)20-13-5-3-2-4-11(12)13/h2-9H,1H3,(H,19,23)(H,20,22). The molecule has 0 radical (unpaired) electrons. The Morgan fingerprint density at radius 1 is 1.20 bits per heavy atom. The molecule has 0 aliphatic rings. The van der Waals surface area contributed by atoms with Crippen molar-refractivity contribution in [2.45, 2.75) is 4.34 Å². The van der Waals surface area contributed by atoms with Gasteiger partial charge in [-0.2, -0.15) is 0 Å². The van der Waals surface area contributed by atoms with Crippen molar-refractivity contribution >= 4 is 55.8 Å². The van der Waals surface area contributed by atoms with Crippen molar-refractivity contribution in [1.82, 2.24) is 9.97 Å². The minimum absolute atomic E-state index is 0.300. The fourth-order valence-electron chi connectivity index (χ4n) is 2.66. The molecule has 4 rings (SSSR count). The van der Waals surface area contributed by atoms with Crippen LogP contribution in [0.2, 0.25) is 0 Å². The number of benzene rings is 2. The highest BCUT2D eigenvalue weighted by atomic mass is 32.2. The van der Waals surface area contributed by atoms with Crippen molar-refractivity contribution in [3.05, 3.63) is 64.4 Å². The number of nitrogens with one attached hydrogen (secondary N) is 2. The number of fused-ring (bicyclic) bond motifs is 2. The van der Waals surface area contributed by atoms with Crippen molar-refractivity contribution in [3.63, 3.8) is 0 Å². The topological polar surface area (TPSA) is 74.8 Å². The number of hydrogen-bond acceptors (Lipinski definition) is 5. The molecule has 2 aromatic carbocycles. The molecule has 2 N–H and O–H groups in total. The number of H-pyrrole nitrogens is 1. The van der Waals surface area contributed by atoms with Gasteiger partial charge >= 0.3 is 0 Å². The number of aromatic nitrogens is 2. The summed E-state index contributed by atoms with van der Waals surface area (Å²) < 4.78 is 2.00. The second kappa shape index (κ2) is 6.34. The van der Waals surface area contributed by atoms with Crippen LogP contribution in [0.15, 0.2) is 57.7 Å². The van der Waals surface area contributed by atoms with E-state index in [1.54, 1.807) is 29.2 Å². The Labute approximate surface area is 151 Å². The molecule has 0 fully saturated rings. The first-order chi connectivity index (χ1) is 12.1. The molecule has 0 aliphatic heterocycles. The van der Waals surface area contributed by atoms with E-state index in [9.17, 15) is 9.59 Å². The van der Waals surface area contributed by atoms with Crippen molar-refractivity contribution in [2.24, 2.45) is 0 Å². The number of pyridine rings is 1. The minimum Gasteiger partial charge on any atom is -0.322 e. The lowest BCUT2D eigenvalue weighted by molar-refractivity contribution is 0.102. The molecule has 0 saturated carbocycles. The van der Waals surface area contributed by atoms with Crippen molar-refractivity contribution in [2.75, 3.05) is 11.6 Å². The van der Waals surface area contributed by atoms with E-state index in [0.29, 0.717) is 22.2 Å². The van der Waals surface area contributed by atoms with Crippen molar-refractivity contribution in [1.29, 1.82) is 0 Å². The van der Waals surface area contributed by atoms with Gasteiger partial charge in [0.15, 0.2) is 4.34 Å². The maximum atomic E-state index is 12.7. The molecule has 25 heavy (non-hydrogen) atoms. The number of rotatable bonds is 3. The monoisotopic (exact) mass is 367 g/mol. The molecule has 2 aromatic heterocycles. The predicted molar refractivity (Wildman–Crippen MR) is 104 cm³/mol. The Morgan fingerprint density at radius 3 is 2.88 bits per heavy atom. The first-order valence-corrected chi connectivity index (χ1v) is 9.56. The van der Waals surface area contributed by atoms with Gasteiger partial charge in [0, 0.05) is 22.7 Å². The van der Waals surface area contributed by atoms with Crippen LogP contribution in [0.5, 0.6) is 0 Å². The van der Waals surface area contributed by atoms with E-state index in [2.05, 4.69) is 15.3 Å². The fourth-order valence-corrected chi connectivity index (χ4v) is 4.19. The van der Waals surface area contributed by atoms with Crippen LogP contribution < -0.4 is 10.9 Å². The third-order valence-corrected chi connectivity index (χ3v) is 5.80. The van der Waals surface area contributed by atoms with Crippen LogP contribution in [0, 0.1) is 0 Å². The molecule has 0 spiro atoms. The van der Waals surface area contributed by atoms with Gasteiger partial charge in [-0.15, -0.1) is 11.3 Å². The number of carbonyl (C=O) groups excluding carboxylic acids is 1. The number of thiazole rings is 1. The zero-order valence-electron chi connectivity index (χ0n) is 13.2. The Bertz CT molecular complexity index is 1160. The Balaban J connectivity index is 1.71. The smallest absolute Gasteiger partial charge is 0.256 e. The highest BCUT2D eigenvalue weighted by Crippen LogP contribution is 2.30. The summed E-state index contributed by atoms with van der Waals surface area (Å²) in [6.45, 7) is 0. The van der Waals surface area contributed by atoms with Crippen LogP contribution >= 0.6 is 23.1 Å². The van der Waals surface area contributed by atoms with Crippen LogP contribution in [0.25, 0.3) is 21.1 Å². The average Bonchev–Trinajstić information content (AvgIpc) is 3.03. The molecular weight excluding hydrogens is 354 g/mol. The van der Waals surface area contributed by atoms with Gasteiger partial charge in [-0.3, -0.25) is 9.59 Å². The number of carbonyl (C=O) groups is 1. The van der Waals surface area contributed by atoms with Gasteiger partial charge in [0.25, 0.3) is 5.91 Å². The van der Waals surface area contributed by atoms with Gasteiger partial charge in [-0.1, -0.05) is 30.0 Å². The first kappa shape index (κ1) is 15.9. The number of hydrogen-bond donors (Lipinski definition) is 2. The molecule has 0 aliphatic carbocycles. The highest BCUT2D eigenvalue weighted by molar-refractivity contribution is 8.00. The average molecular weight is 367 g/mol. The van der Waals surface area contributed by atoms with Crippen LogP contribution in [-0.2, 0) is 0 Å². The number of anilines is 1. The largest absolute Gasteiger partial charge is 0.322 e. The van der Waals surface area contributed by atoms with Gasteiger partial charge in [0.2, 0.25) is 5.56 Å². The Morgan fingerprint density at radius 2 is 2.04 bits per heavy atom. The van der Waals surface area contributed by atoms with Gasteiger partial charge in [0.05, 0.1) is 15.8 Å². The summed E-state index contributed by atoms with van der Waals surface area (Å²) in [5, 5.41) is 3.59. The molecule has 0 unspecified atom stereocenters. The van der Waals surface area contributed by atoms with E-state index < -0.39 is 0 Å². The first-order valence-electron chi connectivity index (χ1n) is 7.52. The summed E-state index contributed by atoms with van der Waals surface area (Å²) in [6, 6.07) is 14.2. The second-order valence-electron chi connectivity index (χ2n) is 5.41. The summed E-state index contributed by atoms with van der Waals surface area (Å²) in [5.41, 5.74) is 2.29. The summed E-state index contributed by atoms with van der Waals surface area (Å²) in [7, 11) is 0. The molecule has 5 nitrogen and oxygen atoms in total. The quantitative estimate of drug-likeness (QED) is 0.534. The van der Waals surface area contributed by atoms with Crippen LogP contribution in [0.4, 0.5) is 5.69 Å². The third-order valence-electron chi connectivity index (χ3n) is 3.80. The number of thioether (sulfide) groups is 1. The highest BCUT2D eigenvalue weighted by Gasteiger charge is 2.13. The molecule has 0 bridgehead atoms. The van der Waals surface area contributed by atoms with E-state index in [1.165, 1.54) is 6.07 Å². The molecule has 4 aromatic rings. The fraction of sp³-hybridized carbons (Fsp3) is 0.0556. The molecule has 0 saturated heterocycles. The summed E-state index contributed by atoms with van der Waals surface area (Å²) in [4.78, 5) is 31.7. The Kier molecular flexibility index (Phi) is 4.03. The number of nitrogens with zero attached hydrogens (tertiary/aromatic N) is 1. The lowest BCUT2D eigenvalue weighted by Gasteiger charge is -2.08. The zero-order chi connectivity index (χ0) is 17.4. The van der Waals surface area contributed by atoms with Crippen LogP contribution in [-0.4, -0.2) is 22.1 Å². The van der Waals surface area contributed by atoms with E-state index >= 15 is 0 Å². The SMILES string of the molecule is CSc1nc2ccc(NC(=O)c3cc(=O)[nH]c4ccccc34)cc2s1. The predicted octanol–water partition coefficient (Wildman–Crippen LogP) is 4.11. The van der Waals surface area contributed by atoms with Crippen LogP contribution in [0.3, 0.4) is 0 Å². The summed E-state index contributed by atoms with van der Waals surface area (Å²) >= 11 is 3.18. The molecule has 0 atom stereocenters. The van der Waals surface area contributed by atoms with Gasteiger partial charge in [-0.25, -0.2) is 4.98 Å². The van der Waals surface area contributed by atoms with E-state index in [0.717, 1.165) is 14.6 Å². The van der Waals surface area contributed by atoms with E-state index in [-0.39, 0.29) is 11.5 Å². The third kappa shape index (κ3) is 3.04. The summed E-state index contributed by atoms with van der Waals surface area (Å²) in [5.74, 6) is -0.309. The van der Waals surface area contributed by atoms with Crippen molar-refractivity contribution < 1.29 is 4.79 Å². The minimum atomic E-state index is -0.309. The maximum absolute atomic E-state index is 12.7. The zero-order valence-corrected chi connectivity index (χ0v) is 14.8. The lowest BCUT2D eigenvalue weighted by Crippen LogP contribution is -2.16. The Hall–Kier alpha value is -2.64. The number of para-hydroxylation sites is 1. The second-order valence-corrected chi connectivity index (χ2v) is 7.50. The normalized spacial score (nSPS) is 11.1. The molecule has 1 amide bonds. The lowest BCUT2D eigenvalue weighted by atomic mass is 10.1. The van der Waals surface area contributed by atoms with Crippen LogP contribution in [0.1, 0.15) is 10.4 Å². The number of amides is 1. The van der Waals surface area contributed by atoms with Gasteiger partial charge in [0.1, 0.15) is 0 Å². The van der Waals surface area contributed by atoms with E-state index in [1.807, 2.05) is 42.7 Å². The van der Waals surface area contributed by atoms with Gasteiger partial charge in [-0.05, 0) is 30.5 Å².